The fourth-order valence-electron chi connectivity index (χ4n) is 1.60. The van der Waals surface area contributed by atoms with Gasteiger partial charge in [-0.2, -0.15) is 0 Å². The number of aliphatic carboxylic acids is 1. The van der Waals surface area contributed by atoms with Gasteiger partial charge in [-0.25, -0.2) is 13.6 Å². The van der Waals surface area contributed by atoms with Crippen molar-refractivity contribution in [3.8, 4) is 0 Å². The van der Waals surface area contributed by atoms with Gasteiger partial charge in [0.1, 0.15) is 11.1 Å². The van der Waals surface area contributed by atoms with E-state index in [9.17, 15) is 18.4 Å². The van der Waals surface area contributed by atoms with Gasteiger partial charge in [0.2, 0.25) is 5.78 Å². The van der Waals surface area contributed by atoms with Crippen molar-refractivity contribution in [1.82, 2.24) is 5.32 Å². The van der Waals surface area contributed by atoms with Crippen molar-refractivity contribution in [3.63, 3.8) is 0 Å². The number of aliphatic hydroxyl groups excluding tert-OH is 3. The van der Waals surface area contributed by atoms with Crippen LogP contribution in [-0.4, -0.2) is 57.5 Å². The molecule has 1 aromatic rings. The van der Waals surface area contributed by atoms with Gasteiger partial charge < -0.3 is 25.7 Å². The number of Topliss-reactive ketones (excluding diaryl/α,β-unsaturated/α-hetero) is 1. The lowest BCUT2D eigenvalue weighted by molar-refractivity contribution is -0.132. The normalized spacial score (nSPS) is 12.2. The van der Waals surface area contributed by atoms with Gasteiger partial charge in [0, 0.05) is 9.77 Å². The fraction of sp³-hybridized carbons (Fsp3) is 0.286. The van der Waals surface area contributed by atoms with Crippen LogP contribution in [0.1, 0.15) is 10.4 Å². The summed E-state index contributed by atoms with van der Waals surface area (Å²) in [6.07, 6.45) is 0.616. The average molecular weight is 457 g/mol. The molecule has 0 aliphatic heterocycles. The van der Waals surface area contributed by atoms with Crippen LogP contribution < -0.4 is 5.32 Å². The third kappa shape index (κ3) is 4.47. The SMILES string of the molecule is O=C(O)C(=CNC(CO)(CO)CO)C(=O)c1cc(I)cc(F)c1F. The molecule has 132 valence electrons. The molecule has 0 aliphatic rings. The maximum absolute atomic E-state index is 13.8. The van der Waals surface area contributed by atoms with Gasteiger partial charge >= 0.3 is 5.97 Å². The Morgan fingerprint density at radius 2 is 1.71 bits per heavy atom. The molecule has 0 aromatic heterocycles. The number of carbonyl (C=O) groups excluding carboxylic acids is 1. The second-order valence-corrected chi connectivity index (χ2v) is 6.09. The molecule has 1 aromatic carbocycles. The zero-order chi connectivity index (χ0) is 18.5. The highest BCUT2D eigenvalue weighted by Gasteiger charge is 2.29. The van der Waals surface area contributed by atoms with Gasteiger partial charge in [-0.15, -0.1) is 0 Å². The number of nitrogens with one attached hydrogen (secondary N) is 1. The smallest absolute Gasteiger partial charge is 0.341 e. The Kier molecular flexibility index (Phi) is 7.20. The van der Waals surface area contributed by atoms with Crippen molar-refractivity contribution in [2.75, 3.05) is 19.8 Å². The van der Waals surface area contributed by atoms with E-state index >= 15 is 0 Å². The Labute approximate surface area is 148 Å². The number of carbonyl (C=O) groups is 2. The fourth-order valence-corrected chi connectivity index (χ4v) is 2.19. The third-order valence-electron chi connectivity index (χ3n) is 3.14. The van der Waals surface area contributed by atoms with E-state index in [-0.39, 0.29) is 3.57 Å². The molecular weight excluding hydrogens is 443 g/mol. The Balaban J connectivity index is 3.29. The van der Waals surface area contributed by atoms with Crippen molar-refractivity contribution in [2.45, 2.75) is 5.54 Å². The first-order valence-electron chi connectivity index (χ1n) is 6.44. The largest absolute Gasteiger partial charge is 0.477 e. The van der Waals surface area contributed by atoms with Crippen LogP contribution in [0.15, 0.2) is 23.9 Å². The highest BCUT2D eigenvalue weighted by Crippen LogP contribution is 2.20. The van der Waals surface area contributed by atoms with Gasteiger partial charge in [-0.05, 0) is 34.7 Å². The molecule has 0 saturated heterocycles. The van der Waals surface area contributed by atoms with Crippen molar-refractivity contribution in [2.24, 2.45) is 0 Å². The molecule has 7 nitrogen and oxygen atoms in total. The number of rotatable bonds is 8. The van der Waals surface area contributed by atoms with Gasteiger partial charge in [0.25, 0.3) is 0 Å². The first kappa shape index (κ1) is 20.4. The van der Waals surface area contributed by atoms with E-state index in [1.807, 2.05) is 0 Å². The predicted molar refractivity (Wildman–Crippen MR) is 86.2 cm³/mol. The minimum absolute atomic E-state index is 0.183. The minimum atomic E-state index is -1.74. The number of ketones is 1. The van der Waals surface area contributed by atoms with E-state index in [2.05, 4.69) is 5.32 Å². The van der Waals surface area contributed by atoms with Gasteiger partial charge in [0.15, 0.2) is 11.6 Å². The van der Waals surface area contributed by atoms with E-state index in [0.717, 1.165) is 12.1 Å². The molecular formula is C14H14F2INO6. The molecule has 1 rings (SSSR count). The van der Waals surface area contributed by atoms with Crippen LogP contribution in [0.2, 0.25) is 0 Å². The zero-order valence-electron chi connectivity index (χ0n) is 12.1. The molecule has 0 bridgehead atoms. The first-order valence-corrected chi connectivity index (χ1v) is 7.52. The summed E-state index contributed by atoms with van der Waals surface area (Å²) >= 11 is 1.63. The van der Waals surface area contributed by atoms with Crippen molar-refractivity contribution in [1.29, 1.82) is 0 Å². The lowest BCUT2D eigenvalue weighted by Crippen LogP contribution is -2.52. The van der Waals surface area contributed by atoms with Crippen molar-refractivity contribution < 1.29 is 38.8 Å². The van der Waals surface area contributed by atoms with Crippen LogP contribution in [0.4, 0.5) is 8.78 Å². The summed E-state index contributed by atoms with van der Waals surface area (Å²) in [5, 5.41) is 38.8. The van der Waals surface area contributed by atoms with E-state index in [4.69, 9.17) is 20.4 Å². The zero-order valence-corrected chi connectivity index (χ0v) is 14.3. The number of carboxylic acid groups (broad SMARTS) is 1. The number of hydrogen-bond acceptors (Lipinski definition) is 6. The van der Waals surface area contributed by atoms with Gasteiger partial charge in [-0.1, -0.05) is 0 Å². The molecule has 0 amide bonds. The monoisotopic (exact) mass is 457 g/mol. The Morgan fingerprint density at radius 1 is 1.17 bits per heavy atom. The van der Waals surface area contributed by atoms with E-state index in [1.165, 1.54) is 0 Å². The lowest BCUT2D eigenvalue weighted by Gasteiger charge is -2.28. The number of aliphatic hydroxyl groups is 3. The summed E-state index contributed by atoms with van der Waals surface area (Å²) in [6.45, 7) is -2.32. The second-order valence-electron chi connectivity index (χ2n) is 4.84. The molecule has 0 heterocycles. The molecule has 0 atom stereocenters. The van der Waals surface area contributed by atoms with Crippen LogP contribution in [0.3, 0.4) is 0 Å². The standard InChI is InChI=1S/C14H14F2INO6/c15-10-2-7(17)1-8(11(10)16)12(22)9(13(23)24)3-18-14(4-19,5-20)6-21/h1-3,18-21H,4-6H2,(H,23,24). The van der Waals surface area contributed by atoms with Crippen LogP contribution in [0, 0.1) is 15.2 Å². The quantitative estimate of drug-likeness (QED) is 0.0931. The maximum atomic E-state index is 13.8. The Bertz CT molecular complexity index is 667. The number of carboxylic acids is 1. The van der Waals surface area contributed by atoms with Crippen LogP contribution >= 0.6 is 22.6 Å². The summed E-state index contributed by atoms with van der Waals surface area (Å²) in [5.41, 5.74) is -3.43. The highest BCUT2D eigenvalue weighted by molar-refractivity contribution is 14.1. The summed E-state index contributed by atoms with van der Waals surface area (Å²) in [5.74, 6) is -5.86. The first-order chi connectivity index (χ1) is 11.2. The van der Waals surface area contributed by atoms with Gasteiger partial charge in [0.05, 0.1) is 25.4 Å². The summed E-state index contributed by atoms with van der Waals surface area (Å²) in [6, 6.07) is 1.82. The van der Waals surface area contributed by atoms with Crippen LogP contribution in [0.5, 0.6) is 0 Å². The minimum Gasteiger partial charge on any atom is -0.477 e. The van der Waals surface area contributed by atoms with E-state index in [1.54, 1.807) is 22.6 Å². The average Bonchev–Trinajstić information content (AvgIpc) is 2.54. The third-order valence-corrected chi connectivity index (χ3v) is 3.77. The molecule has 0 aliphatic carbocycles. The molecule has 0 unspecified atom stereocenters. The Hall–Kier alpha value is -1.63. The van der Waals surface area contributed by atoms with Crippen molar-refractivity contribution >= 4 is 34.3 Å². The van der Waals surface area contributed by atoms with Crippen LogP contribution in [-0.2, 0) is 4.79 Å². The molecule has 24 heavy (non-hydrogen) atoms. The maximum Gasteiger partial charge on any atom is 0.341 e. The van der Waals surface area contributed by atoms with Crippen molar-refractivity contribution in [3.05, 3.63) is 44.7 Å². The lowest BCUT2D eigenvalue weighted by atomic mass is 10.0. The topological polar surface area (TPSA) is 127 Å². The number of hydrogen-bond donors (Lipinski definition) is 5. The second kappa shape index (κ2) is 8.46. The summed E-state index contributed by atoms with van der Waals surface area (Å²) in [4.78, 5) is 23.4. The molecule has 0 saturated carbocycles. The van der Waals surface area contributed by atoms with E-state index in [0.29, 0.717) is 6.20 Å². The molecule has 10 heteroatoms. The molecule has 5 N–H and O–H groups in total. The summed E-state index contributed by atoms with van der Waals surface area (Å²) in [7, 11) is 0. The highest BCUT2D eigenvalue weighted by atomic mass is 127. The van der Waals surface area contributed by atoms with E-state index < -0.39 is 59.9 Å². The Morgan fingerprint density at radius 3 is 2.17 bits per heavy atom. The summed E-state index contributed by atoms with van der Waals surface area (Å²) < 4.78 is 27.3. The number of benzene rings is 1. The van der Waals surface area contributed by atoms with Gasteiger partial charge in [-0.3, -0.25) is 4.79 Å². The molecule has 0 fully saturated rings. The number of halogens is 3. The molecule has 0 spiro atoms. The predicted octanol–water partition coefficient (Wildman–Crippen LogP) is 0.0259. The molecule has 0 radical (unpaired) electrons. The van der Waals surface area contributed by atoms with Crippen LogP contribution in [0.25, 0.3) is 0 Å².